The Morgan fingerprint density at radius 2 is 1.82 bits per heavy atom. The monoisotopic (exact) mass is 740 g/mol. The lowest BCUT2D eigenvalue weighted by atomic mass is 9.95. The van der Waals surface area contributed by atoms with Crippen LogP contribution < -0.4 is 44.5 Å². The van der Waals surface area contributed by atoms with Gasteiger partial charge in [-0.3, -0.25) is 5.43 Å². The average molecular weight is 742 g/mol. The van der Waals surface area contributed by atoms with Gasteiger partial charge in [0.2, 0.25) is 6.79 Å². The van der Waals surface area contributed by atoms with Gasteiger partial charge in [0.1, 0.15) is 13.2 Å². The smallest absolute Gasteiger partial charge is 0.337 e. The summed E-state index contributed by atoms with van der Waals surface area (Å²) in [6, 6.07) is 13.0. The number of hydrazone groups is 1. The molecule has 0 bridgehead atoms. The summed E-state index contributed by atoms with van der Waals surface area (Å²) in [5.41, 5.74) is 5.46. The lowest BCUT2D eigenvalue weighted by Gasteiger charge is -2.28. The average Bonchev–Trinajstić information content (AvgIpc) is 3.55. The van der Waals surface area contributed by atoms with Crippen molar-refractivity contribution in [2.45, 2.75) is 39.6 Å². The highest BCUT2D eigenvalue weighted by molar-refractivity contribution is 9.10. The van der Waals surface area contributed by atoms with Gasteiger partial charge in [-0.2, -0.15) is 5.10 Å². The van der Waals surface area contributed by atoms with Gasteiger partial charge in [0.25, 0.3) is 0 Å². The molecule has 5 rings (SSSR count). The number of nitrogens with one attached hydrogen (secondary N) is 3. The standard InChI is InChI=1S/C34H37BrN4O10/c1-5-44-27-14-22(31-30(33(41)43-4)19(3)37-34(42)38-31)8-10-24(27)46-17-29(40)39-36-15-21-11-23(35)32(28(13-21)45-6-2)47-16-20-7-9-25-26(12-20)49-18-48-25/h7-15,29,31,39-40H,5-6,16-18H2,1-4H3,(H2,37,38,42)/b36-15-/t29-,31+/m1/s1. The Balaban J connectivity index is 1.21. The number of nitrogens with zero attached hydrogens (tertiary/aromatic N) is 1. The molecule has 3 aromatic rings. The van der Waals surface area contributed by atoms with Crippen molar-refractivity contribution < 1.29 is 47.9 Å². The van der Waals surface area contributed by atoms with Crippen molar-refractivity contribution in [3.63, 3.8) is 0 Å². The predicted molar refractivity (Wildman–Crippen MR) is 181 cm³/mol. The molecule has 0 saturated heterocycles. The predicted octanol–water partition coefficient (Wildman–Crippen LogP) is 4.68. The van der Waals surface area contributed by atoms with Crippen LogP contribution in [0.3, 0.4) is 0 Å². The lowest BCUT2D eigenvalue weighted by Crippen LogP contribution is -2.45. The molecule has 260 valence electrons. The van der Waals surface area contributed by atoms with Crippen molar-refractivity contribution in [1.82, 2.24) is 16.1 Å². The van der Waals surface area contributed by atoms with Crippen molar-refractivity contribution in [2.24, 2.45) is 5.10 Å². The number of urea groups is 1. The number of hydrogen-bond donors (Lipinski definition) is 4. The number of aliphatic hydroxyl groups excluding tert-OH is 1. The Kier molecular flexibility index (Phi) is 11.7. The SMILES string of the molecule is CCOc1cc([C@@H]2NC(=O)NC(C)=C2C(=O)OC)ccc1OC[C@@H](O)N/N=C\c1cc(Br)c(OCc2ccc3c(c2)OCO3)c(OCC)c1. The molecule has 0 saturated carbocycles. The first-order valence-electron chi connectivity index (χ1n) is 15.4. The van der Waals surface area contributed by atoms with E-state index in [9.17, 15) is 14.7 Å². The largest absolute Gasteiger partial charge is 0.490 e. The summed E-state index contributed by atoms with van der Waals surface area (Å²) < 4.78 is 40.0. The minimum atomic E-state index is -1.18. The molecule has 2 aliphatic rings. The number of ether oxygens (including phenoxy) is 7. The number of hydrogen-bond acceptors (Lipinski definition) is 12. The normalized spacial score (nSPS) is 15.7. The van der Waals surface area contributed by atoms with Gasteiger partial charge in [-0.1, -0.05) is 12.1 Å². The van der Waals surface area contributed by atoms with Gasteiger partial charge in [0.15, 0.2) is 40.7 Å². The first-order chi connectivity index (χ1) is 23.7. The quantitative estimate of drug-likeness (QED) is 0.0740. The Hall–Kier alpha value is -5.15. The van der Waals surface area contributed by atoms with Crippen LogP contribution in [0.2, 0.25) is 0 Å². The maximum Gasteiger partial charge on any atom is 0.337 e. The van der Waals surface area contributed by atoms with Crippen molar-refractivity contribution in [1.29, 1.82) is 0 Å². The summed E-state index contributed by atoms with van der Waals surface area (Å²) in [5, 5.41) is 20.0. The first-order valence-corrected chi connectivity index (χ1v) is 16.2. The molecule has 0 aromatic heterocycles. The molecule has 49 heavy (non-hydrogen) atoms. The molecule has 0 aliphatic carbocycles. The van der Waals surface area contributed by atoms with E-state index in [4.69, 9.17) is 33.2 Å². The third-order valence-corrected chi connectivity index (χ3v) is 7.85. The van der Waals surface area contributed by atoms with E-state index in [1.807, 2.05) is 38.1 Å². The van der Waals surface area contributed by atoms with Crippen LogP contribution >= 0.6 is 15.9 Å². The fourth-order valence-electron chi connectivity index (χ4n) is 5.07. The Morgan fingerprint density at radius 3 is 2.59 bits per heavy atom. The number of carbonyl (C=O) groups is 2. The summed E-state index contributed by atoms with van der Waals surface area (Å²) in [5.74, 6) is 2.56. The molecule has 2 amide bonds. The summed E-state index contributed by atoms with van der Waals surface area (Å²) in [6.07, 6.45) is 0.352. The van der Waals surface area contributed by atoms with Crippen molar-refractivity contribution in [2.75, 3.05) is 33.7 Å². The number of aliphatic hydroxyl groups is 1. The number of fused-ring (bicyclic) bond motifs is 1. The lowest BCUT2D eigenvalue weighted by molar-refractivity contribution is -0.136. The topological polar surface area (TPSA) is 167 Å². The third kappa shape index (κ3) is 8.66. The zero-order valence-electron chi connectivity index (χ0n) is 27.3. The maximum atomic E-state index is 12.5. The zero-order chi connectivity index (χ0) is 34.9. The van der Waals surface area contributed by atoms with Crippen LogP contribution in [-0.2, 0) is 16.1 Å². The number of halogens is 1. The highest BCUT2D eigenvalue weighted by Crippen LogP contribution is 2.39. The molecule has 2 heterocycles. The second-order valence-corrected chi connectivity index (χ2v) is 11.5. The number of esters is 1. The molecule has 0 radical (unpaired) electrons. The number of rotatable bonds is 15. The van der Waals surface area contributed by atoms with Gasteiger partial charge in [-0.05, 0) is 89.8 Å². The van der Waals surface area contributed by atoms with Crippen LogP contribution in [0.25, 0.3) is 0 Å². The summed E-state index contributed by atoms with van der Waals surface area (Å²) >= 11 is 3.57. The molecule has 14 nitrogen and oxygen atoms in total. The number of benzene rings is 3. The third-order valence-electron chi connectivity index (χ3n) is 7.26. The van der Waals surface area contributed by atoms with Crippen molar-refractivity contribution >= 4 is 34.1 Å². The van der Waals surface area contributed by atoms with Gasteiger partial charge in [0, 0.05) is 5.70 Å². The van der Waals surface area contributed by atoms with Gasteiger partial charge in [-0.15, -0.1) is 0 Å². The van der Waals surface area contributed by atoms with Gasteiger partial charge in [-0.25, -0.2) is 9.59 Å². The zero-order valence-corrected chi connectivity index (χ0v) is 28.9. The van der Waals surface area contributed by atoms with E-state index in [1.165, 1.54) is 13.3 Å². The van der Waals surface area contributed by atoms with E-state index in [-0.39, 0.29) is 25.6 Å². The molecule has 4 N–H and O–H groups in total. The van der Waals surface area contributed by atoms with E-state index < -0.39 is 24.3 Å². The molecule has 3 aromatic carbocycles. The molecule has 0 unspecified atom stereocenters. The van der Waals surface area contributed by atoms with Gasteiger partial charge < -0.3 is 48.9 Å². The van der Waals surface area contributed by atoms with Gasteiger partial charge >= 0.3 is 12.0 Å². The Morgan fingerprint density at radius 1 is 1.04 bits per heavy atom. The van der Waals surface area contributed by atoms with Crippen molar-refractivity contribution in [3.05, 3.63) is 81.0 Å². The number of carbonyl (C=O) groups excluding carboxylic acids is 2. The minimum absolute atomic E-state index is 0.173. The fourth-order valence-corrected chi connectivity index (χ4v) is 5.65. The molecular formula is C34H37BrN4O10. The van der Waals surface area contributed by atoms with Crippen LogP contribution in [0.15, 0.2) is 69.4 Å². The first kappa shape index (κ1) is 35.2. The fraction of sp³-hybridized carbons (Fsp3) is 0.324. The van der Waals surface area contributed by atoms with Crippen molar-refractivity contribution in [3.8, 4) is 34.5 Å². The molecule has 0 spiro atoms. The Bertz CT molecular complexity index is 1750. The maximum absolute atomic E-state index is 12.5. The Labute approximate surface area is 291 Å². The molecular weight excluding hydrogens is 704 g/mol. The summed E-state index contributed by atoms with van der Waals surface area (Å²) in [4.78, 5) is 24.7. The number of amides is 2. The molecule has 0 fully saturated rings. The summed E-state index contributed by atoms with van der Waals surface area (Å²) in [6.45, 7) is 6.36. The number of allylic oxidation sites excluding steroid dienone is 1. The van der Waals surface area contributed by atoms with E-state index in [0.29, 0.717) is 69.0 Å². The number of methoxy groups -OCH3 is 1. The highest BCUT2D eigenvalue weighted by Gasteiger charge is 2.32. The highest BCUT2D eigenvalue weighted by atomic mass is 79.9. The molecule has 2 atom stereocenters. The molecule has 2 aliphatic heterocycles. The van der Waals surface area contributed by atoms with Crippen LogP contribution in [0.1, 0.15) is 43.5 Å². The van der Waals surface area contributed by atoms with Crippen LogP contribution in [0, 0.1) is 0 Å². The van der Waals surface area contributed by atoms with Crippen LogP contribution in [0.4, 0.5) is 4.79 Å². The second-order valence-electron chi connectivity index (χ2n) is 10.7. The van der Waals surface area contributed by atoms with Crippen LogP contribution in [-0.4, -0.2) is 63.3 Å². The van der Waals surface area contributed by atoms with E-state index in [1.54, 1.807) is 31.2 Å². The van der Waals surface area contributed by atoms with Crippen LogP contribution in [0.5, 0.6) is 34.5 Å². The van der Waals surface area contributed by atoms with Gasteiger partial charge in [0.05, 0.1) is 42.6 Å². The molecule has 15 heteroatoms. The van der Waals surface area contributed by atoms with E-state index >= 15 is 0 Å². The van der Waals surface area contributed by atoms with E-state index in [2.05, 4.69) is 37.1 Å². The van der Waals surface area contributed by atoms with E-state index in [0.717, 1.165) is 5.56 Å². The second kappa shape index (κ2) is 16.3. The summed E-state index contributed by atoms with van der Waals surface area (Å²) in [7, 11) is 1.27. The minimum Gasteiger partial charge on any atom is -0.490 e.